The zero-order chi connectivity index (χ0) is 13.8. The molecule has 0 aliphatic heterocycles. The molecule has 1 amide bonds. The van der Waals surface area contributed by atoms with Gasteiger partial charge in [0.15, 0.2) is 5.75 Å². The van der Waals surface area contributed by atoms with E-state index < -0.39 is 5.91 Å². The van der Waals surface area contributed by atoms with Crippen molar-refractivity contribution in [1.29, 1.82) is 0 Å². The lowest BCUT2D eigenvalue weighted by Gasteiger charge is -2.20. The molecule has 0 heterocycles. The average Bonchev–Trinajstić information content (AvgIpc) is 2.25. The number of rotatable bonds is 5. The van der Waals surface area contributed by atoms with Crippen molar-refractivity contribution in [3.63, 3.8) is 0 Å². The Bertz CT molecular complexity index is 427. The lowest BCUT2D eigenvalue weighted by Crippen LogP contribution is -2.21. The van der Waals surface area contributed by atoms with E-state index in [1.165, 1.54) is 18.2 Å². The summed E-state index contributed by atoms with van der Waals surface area (Å²) in [6, 6.07) is 4.50. The summed E-state index contributed by atoms with van der Waals surface area (Å²) in [4.78, 5) is 15.8. The first-order valence-corrected chi connectivity index (χ1v) is 5.49. The summed E-state index contributed by atoms with van der Waals surface area (Å²) in [6.07, 6.45) is 0. The highest BCUT2D eigenvalue weighted by molar-refractivity contribution is 5.98. The molecule has 0 aliphatic carbocycles. The molecular weight excluding hydrogens is 236 g/mol. The number of nitrogens with two attached hydrogens (primary N) is 1. The summed E-state index contributed by atoms with van der Waals surface area (Å²) in [5.74, 6) is -0.276. The van der Waals surface area contributed by atoms with Gasteiger partial charge in [0.1, 0.15) is 0 Å². The molecule has 6 heteroatoms. The third kappa shape index (κ3) is 4.23. The first kappa shape index (κ1) is 14.3. The number of hydrogen-bond donors (Lipinski definition) is 3. The summed E-state index contributed by atoms with van der Waals surface area (Å²) in [7, 11) is 0. The highest BCUT2D eigenvalue weighted by Gasteiger charge is 2.14. The standard InChI is InChI=1S/C12H18N2O4/c1-12(2,3)7-14-10-6-8(17-18-16)4-5-9(10)11(13)15/h4-6,14,16H,7H2,1-3H3,(H2,13,15). The van der Waals surface area contributed by atoms with Crippen LogP contribution in [0.1, 0.15) is 31.1 Å². The van der Waals surface area contributed by atoms with E-state index in [1.807, 2.05) is 0 Å². The second-order valence-corrected chi connectivity index (χ2v) is 5.14. The SMILES string of the molecule is CC(C)(C)CNc1cc(OOO)ccc1C(N)=O. The van der Waals surface area contributed by atoms with Crippen LogP contribution in [-0.4, -0.2) is 17.7 Å². The molecule has 1 rings (SSSR count). The van der Waals surface area contributed by atoms with Crippen molar-refractivity contribution in [3.05, 3.63) is 23.8 Å². The van der Waals surface area contributed by atoms with Crippen molar-refractivity contribution in [2.75, 3.05) is 11.9 Å². The molecule has 0 fully saturated rings. The molecule has 1 aromatic carbocycles. The van der Waals surface area contributed by atoms with Crippen molar-refractivity contribution in [2.24, 2.45) is 11.1 Å². The molecule has 0 aliphatic rings. The van der Waals surface area contributed by atoms with Crippen LogP contribution in [0.2, 0.25) is 0 Å². The van der Waals surface area contributed by atoms with Gasteiger partial charge in [-0.3, -0.25) is 4.79 Å². The van der Waals surface area contributed by atoms with Crippen LogP contribution in [0.5, 0.6) is 5.75 Å². The van der Waals surface area contributed by atoms with E-state index >= 15 is 0 Å². The maximum Gasteiger partial charge on any atom is 0.250 e. The van der Waals surface area contributed by atoms with Crippen LogP contribution in [0.3, 0.4) is 0 Å². The minimum absolute atomic E-state index is 0.0409. The molecule has 100 valence electrons. The molecule has 1 aromatic rings. The lowest BCUT2D eigenvalue weighted by molar-refractivity contribution is -0.438. The van der Waals surface area contributed by atoms with Crippen molar-refractivity contribution in [3.8, 4) is 5.75 Å². The highest BCUT2D eigenvalue weighted by atomic mass is 17.5. The smallest absolute Gasteiger partial charge is 0.250 e. The van der Waals surface area contributed by atoms with Crippen LogP contribution in [0.4, 0.5) is 5.69 Å². The molecule has 0 spiro atoms. The predicted molar refractivity (Wildman–Crippen MR) is 67.2 cm³/mol. The Kier molecular flexibility index (Phi) is 4.52. The van der Waals surface area contributed by atoms with Gasteiger partial charge in [0.05, 0.1) is 11.3 Å². The summed E-state index contributed by atoms with van der Waals surface area (Å²) in [5, 5.41) is 14.9. The molecule has 0 saturated carbocycles. The Balaban J connectivity index is 2.96. The molecule has 6 nitrogen and oxygen atoms in total. The monoisotopic (exact) mass is 254 g/mol. The summed E-state index contributed by atoms with van der Waals surface area (Å²) < 4.78 is 0. The third-order valence-electron chi connectivity index (χ3n) is 2.20. The fourth-order valence-electron chi connectivity index (χ4n) is 1.34. The van der Waals surface area contributed by atoms with Crippen LogP contribution in [0.15, 0.2) is 18.2 Å². The molecule has 4 N–H and O–H groups in total. The Labute approximate surface area is 106 Å². The van der Waals surface area contributed by atoms with E-state index in [4.69, 9.17) is 11.0 Å². The third-order valence-corrected chi connectivity index (χ3v) is 2.20. The Morgan fingerprint density at radius 1 is 1.44 bits per heavy atom. The summed E-state index contributed by atoms with van der Waals surface area (Å²) in [6.45, 7) is 6.82. The van der Waals surface area contributed by atoms with Gasteiger partial charge >= 0.3 is 0 Å². The number of carbonyl (C=O) groups excluding carboxylic acids is 1. The molecule has 0 bridgehead atoms. The number of anilines is 1. The Hall–Kier alpha value is -1.79. The van der Waals surface area contributed by atoms with Crippen LogP contribution in [0.25, 0.3) is 0 Å². The average molecular weight is 254 g/mol. The maximum atomic E-state index is 11.3. The maximum absolute atomic E-state index is 11.3. The predicted octanol–water partition coefficient (Wildman–Crippen LogP) is 2.03. The van der Waals surface area contributed by atoms with E-state index in [2.05, 4.69) is 36.0 Å². The van der Waals surface area contributed by atoms with Gasteiger partial charge < -0.3 is 15.9 Å². The molecule has 0 radical (unpaired) electrons. The molecule has 0 aromatic heterocycles. The van der Waals surface area contributed by atoms with Gasteiger partial charge in [-0.05, 0) is 22.6 Å². The van der Waals surface area contributed by atoms with Gasteiger partial charge in [-0.25, -0.2) is 5.26 Å². The van der Waals surface area contributed by atoms with Crippen molar-refractivity contribution < 1.29 is 20.0 Å². The minimum Gasteiger partial charge on any atom is -0.384 e. The number of benzene rings is 1. The molecule has 0 saturated heterocycles. The highest BCUT2D eigenvalue weighted by Crippen LogP contribution is 2.24. The molecule has 18 heavy (non-hydrogen) atoms. The van der Waals surface area contributed by atoms with Gasteiger partial charge in [0.2, 0.25) is 0 Å². The first-order chi connectivity index (χ1) is 8.33. The fourth-order valence-corrected chi connectivity index (χ4v) is 1.34. The Morgan fingerprint density at radius 3 is 2.61 bits per heavy atom. The first-order valence-electron chi connectivity index (χ1n) is 5.49. The van der Waals surface area contributed by atoms with Crippen LogP contribution >= 0.6 is 0 Å². The van der Waals surface area contributed by atoms with Gasteiger partial charge in [-0.1, -0.05) is 20.8 Å². The normalized spacial score (nSPS) is 11.1. The zero-order valence-corrected chi connectivity index (χ0v) is 10.7. The number of hydrogen-bond acceptors (Lipinski definition) is 5. The Morgan fingerprint density at radius 2 is 2.11 bits per heavy atom. The summed E-state index contributed by atoms with van der Waals surface area (Å²) in [5.41, 5.74) is 6.20. The summed E-state index contributed by atoms with van der Waals surface area (Å²) >= 11 is 0. The van der Waals surface area contributed by atoms with E-state index in [0.717, 1.165) is 0 Å². The lowest BCUT2D eigenvalue weighted by atomic mass is 9.96. The zero-order valence-electron chi connectivity index (χ0n) is 10.7. The number of amides is 1. The quantitative estimate of drug-likeness (QED) is 0.552. The van der Waals surface area contributed by atoms with Crippen molar-refractivity contribution >= 4 is 11.6 Å². The number of nitrogens with one attached hydrogen (secondary N) is 1. The van der Waals surface area contributed by atoms with Gasteiger partial charge in [-0.2, -0.15) is 0 Å². The number of primary amides is 1. The molecule has 0 atom stereocenters. The van der Waals surface area contributed by atoms with E-state index in [1.54, 1.807) is 0 Å². The van der Waals surface area contributed by atoms with Gasteiger partial charge in [0.25, 0.3) is 5.91 Å². The largest absolute Gasteiger partial charge is 0.384 e. The molecule has 0 unspecified atom stereocenters. The topological polar surface area (TPSA) is 93.8 Å². The molecular formula is C12H18N2O4. The van der Waals surface area contributed by atoms with Gasteiger partial charge in [0, 0.05) is 12.6 Å². The van der Waals surface area contributed by atoms with Crippen LogP contribution in [-0.2, 0) is 5.04 Å². The van der Waals surface area contributed by atoms with Crippen LogP contribution in [0, 0.1) is 5.41 Å². The van der Waals surface area contributed by atoms with Gasteiger partial charge in [-0.15, -0.1) is 0 Å². The fraction of sp³-hybridized carbons (Fsp3) is 0.417. The van der Waals surface area contributed by atoms with E-state index in [0.29, 0.717) is 17.8 Å². The van der Waals surface area contributed by atoms with Crippen molar-refractivity contribution in [2.45, 2.75) is 20.8 Å². The van der Waals surface area contributed by atoms with Crippen molar-refractivity contribution in [1.82, 2.24) is 0 Å². The van der Waals surface area contributed by atoms with E-state index in [-0.39, 0.29) is 11.2 Å². The van der Waals surface area contributed by atoms with E-state index in [9.17, 15) is 4.79 Å². The second kappa shape index (κ2) is 5.70. The number of carbonyl (C=O) groups is 1. The second-order valence-electron chi connectivity index (χ2n) is 5.14. The van der Waals surface area contributed by atoms with Crippen LogP contribution < -0.4 is 15.9 Å². The minimum atomic E-state index is -0.539.